The Labute approximate surface area is 115 Å². The predicted molar refractivity (Wildman–Crippen MR) is 75.3 cm³/mol. The van der Waals surface area contributed by atoms with Crippen LogP contribution in [0.4, 0.5) is 0 Å². The van der Waals surface area contributed by atoms with Crippen LogP contribution in [-0.2, 0) is 11.3 Å². The smallest absolute Gasteiger partial charge is 0.223 e. The second-order valence-corrected chi connectivity index (χ2v) is 6.10. The van der Waals surface area contributed by atoms with Gasteiger partial charge in [0.1, 0.15) is 0 Å². The molecule has 2 N–H and O–H groups in total. The molecule has 19 heavy (non-hydrogen) atoms. The Morgan fingerprint density at radius 1 is 1.42 bits per heavy atom. The summed E-state index contributed by atoms with van der Waals surface area (Å²) >= 11 is 0. The zero-order valence-corrected chi connectivity index (χ0v) is 11.8. The molecule has 1 aromatic heterocycles. The van der Waals surface area contributed by atoms with E-state index in [-0.39, 0.29) is 11.4 Å². The minimum absolute atomic E-state index is 0.220. The fourth-order valence-corrected chi connectivity index (χ4v) is 2.06. The number of pyridine rings is 1. The summed E-state index contributed by atoms with van der Waals surface area (Å²) < 4.78 is 0. The fraction of sp³-hybridized carbons (Fsp3) is 0.600. The molecule has 1 aliphatic rings. The number of nitrogens with two attached hydrogens (primary N) is 1. The van der Waals surface area contributed by atoms with Gasteiger partial charge in [-0.1, -0.05) is 0 Å². The lowest BCUT2D eigenvalue weighted by Crippen LogP contribution is -2.37. The second kappa shape index (κ2) is 5.70. The van der Waals surface area contributed by atoms with Crippen molar-refractivity contribution in [3.05, 3.63) is 30.1 Å². The van der Waals surface area contributed by atoms with Gasteiger partial charge in [-0.3, -0.25) is 9.78 Å². The molecule has 4 heteroatoms. The Morgan fingerprint density at radius 3 is 2.58 bits per heavy atom. The van der Waals surface area contributed by atoms with Crippen LogP contribution < -0.4 is 5.73 Å². The lowest BCUT2D eigenvalue weighted by atomic mass is 9.99. The Kier molecular flexibility index (Phi) is 4.20. The molecule has 1 saturated carbocycles. The van der Waals surface area contributed by atoms with Gasteiger partial charge in [-0.15, -0.1) is 0 Å². The van der Waals surface area contributed by atoms with Crippen molar-refractivity contribution in [1.82, 2.24) is 9.88 Å². The molecule has 0 bridgehead atoms. The number of carbonyl (C=O) groups excluding carboxylic acids is 1. The number of aromatic nitrogens is 1. The molecule has 0 spiro atoms. The molecule has 0 atom stereocenters. The Morgan fingerprint density at radius 2 is 2.05 bits per heavy atom. The van der Waals surface area contributed by atoms with Crippen LogP contribution in [0.15, 0.2) is 24.5 Å². The molecule has 2 rings (SSSR count). The van der Waals surface area contributed by atoms with Gasteiger partial charge in [0.15, 0.2) is 0 Å². The van der Waals surface area contributed by atoms with E-state index in [4.69, 9.17) is 5.73 Å². The zero-order valence-electron chi connectivity index (χ0n) is 11.8. The molecule has 0 unspecified atom stereocenters. The summed E-state index contributed by atoms with van der Waals surface area (Å²) in [5, 5.41) is 0. The van der Waals surface area contributed by atoms with Gasteiger partial charge in [-0.05, 0) is 50.8 Å². The van der Waals surface area contributed by atoms with Crippen LogP contribution >= 0.6 is 0 Å². The molecule has 104 valence electrons. The first-order valence-electron chi connectivity index (χ1n) is 6.93. The van der Waals surface area contributed by atoms with Crippen LogP contribution in [-0.4, -0.2) is 27.4 Å². The highest BCUT2D eigenvalue weighted by atomic mass is 16.2. The molecule has 1 amide bonds. The summed E-state index contributed by atoms with van der Waals surface area (Å²) in [4.78, 5) is 18.3. The minimum Gasteiger partial charge on any atom is -0.335 e. The summed E-state index contributed by atoms with van der Waals surface area (Å²) in [5.74, 6) is 0.220. The number of amides is 1. The molecule has 1 aromatic rings. The van der Waals surface area contributed by atoms with Crippen LogP contribution in [0.1, 0.15) is 45.1 Å². The maximum atomic E-state index is 12.3. The van der Waals surface area contributed by atoms with E-state index >= 15 is 0 Å². The molecule has 0 radical (unpaired) electrons. The van der Waals surface area contributed by atoms with E-state index in [0.29, 0.717) is 19.0 Å². The first-order valence-corrected chi connectivity index (χ1v) is 6.93. The summed E-state index contributed by atoms with van der Waals surface area (Å²) in [6.45, 7) is 4.62. The topological polar surface area (TPSA) is 59.2 Å². The van der Waals surface area contributed by atoms with Crippen molar-refractivity contribution in [2.75, 3.05) is 0 Å². The van der Waals surface area contributed by atoms with Crippen molar-refractivity contribution < 1.29 is 4.79 Å². The molecular weight excluding hydrogens is 238 g/mol. The Bertz CT molecular complexity index is 421. The second-order valence-electron chi connectivity index (χ2n) is 6.10. The molecular formula is C15H23N3O. The van der Waals surface area contributed by atoms with E-state index in [0.717, 1.165) is 24.8 Å². The highest BCUT2D eigenvalue weighted by Crippen LogP contribution is 2.29. The van der Waals surface area contributed by atoms with Crippen molar-refractivity contribution in [3.8, 4) is 0 Å². The standard InChI is InChI=1S/C15H23N3O/c1-15(2,16)8-5-14(19)18(13-3-4-13)11-12-6-9-17-10-7-12/h6-7,9-10,13H,3-5,8,11,16H2,1-2H3. The SMILES string of the molecule is CC(C)(N)CCC(=O)N(Cc1ccncc1)C1CC1. The quantitative estimate of drug-likeness (QED) is 0.853. The highest BCUT2D eigenvalue weighted by molar-refractivity contribution is 5.77. The van der Waals surface area contributed by atoms with E-state index < -0.39 is 0 Å². The minimum atomic E-state index is -0.276. The van der Waals surface area contributed by atoms with E-state index in [2.05, 4.69) is 4.98 Å². The molecule has 4 nitrogen and oxygen atoms in total. The average molecular weight is 261 g/mol. The molecule has 1 heterocycles. The molecule has 0 saturated heterocycles. The third kappa shape index (κ3) is 4.63. The summed E-state index contributed by atoms with van der Waals surface area (Å²) in [5.41, 5.74) is 6.81. The van der Waals surface area contributed by atoms with E-state index in [1.54, 1.807) is 12.4 Å². The molecule has 0 aliphatic heterocycles. The van der Waals surface area contributed by atoms with Gasteiger partial charge < -0.3 is 10.6 Å². The monoisotopic (exact) mass is 261 g/mol. The van der Waals surface area contributed by atoms with Gasteiger partial charge in [0.25, 0.3) is 0 Å². The van der Waals surface area contributed by atoms with E-state index in [9.17, 15) is 4.79 Å². The van der Waals surface area contributed by atoms with Crippen molar-refractivity contribution in [1.29, 1.82) is 0 Å². The Hall–Kier alpha value is -1.42. The summed E-state index contributed by atoms with van der Waals surface area (Å²) in [6.07, 6.45) is 7.06. The molecule has 1 aliphatic carbocycles. The van der Waals surface area contributed by atoms with Gasteiger partial charge in [0.2, 0.25) is 5.91 Å². The number of hydrogen-bond donors (Lipinski definition) is 1. The normalized spacial score (nSPS) is 15.3. The van der Waals surface area contributed by atoms with Gasteiger partial charge in [0.05, 0.1) is 0 Å². The number of rotatable bonds is 6. The average Bonchev–Trinajstić information content (AvgIpc) is 3.18. The van der Waals surface area contributed by atoms with Gasteiger partial charge in [0, 0.05) is 36.9 Å². The van der Waals surface area contributed by atoms with Crippen molar-refractivity contribution in [3.63, 3.8) is 0 Å². The van der Waals surface area contributed by atoms with E-state index in [1.807, 2.05) is 30.9 Å². The van der Waals surface area contributed by atoms with Gasteiger partial charge >= 0.3 is 0 Å². The van der Waals surface area contributed by atoms with Crippen molar-refractivity contribution in [2.24, 2.45) is 5.73 Å². The predicted octanol–water partition coefficient (Wildman–Crippen LogP) is 2.09. The van der Waals surface area contributed by atoms with Crippen LogP contribution in [0, 0.1) is 0 Å². The lowest BCUT2D eigenvalue weighted by Gasteiger charge is -2.25. The van der Waals surface area contributed by atoms with Crippen LogP contribution in [0.25, 0.3) is 0 Å². The third-order valence-corrected chi connectivity index (χ3v) is 3.39. The van der Waals surface area contributed by atoms with Gasteiger partial charge in [-0.2, -0.15) is 0 Å². The first kappa shape index (κ1) is 14.0. The van der Waals surface area contributed by atoms with E-state index in [1.165, 1.54) is 0 Å². The fourth-order valence-electron chi connectivity index (χ4n) is 2.06. The summed E-state index contributed by atoms with van der Waals surface area (Å²) in [6, 6.07) is 4.37. The Balaban J connectivity index is 1.94. The number of hydrogen-bond acceptors (Lipinski definition) is 3. The van der Waals surface area contributed by atoms with Gasteiger partial charge in [-0.25, -0.2) is 0 Å². The maximum Gasteiger partial charge on any atom is 0.223 e. The number of carbonyl (C=O) groups is 1. The van der Waals surface area contributed by atoms with Crippen molar-refractivity contribution >= 4 is 5.91 Å². The van der Waals surface area contributed by atoms with Crippen LogP contribution in [0.5, 0.6) is 0 Å². The number of nitrogens with zero attached hydrogens (tertiary/aromatic N) is 2. The maximum absolute atomic E-state index is 12.3. The molecule has 1 fully saturated rings. The molecule has 0 aromatic carbocycles. The largest absolute Gasteiger partial charge is 0.335 e. The lowest BCUT2D eigenvalue weighted by molar-refractivity contribution is -0.132. The third-order valence-electron chi connectivity index (χ3n) is 3.39. The zero-order chi connectivity index (χ0) is 13.9. The first-order chi connectivity index (χ1) is 8.96. The van der Waals surface area contributed by atoms with Crippen LogP contribution in [0.2, 0.25) is 0 Å². The van der Waals surface area contributed by atoms with Crippen LogP contribution in [0.3, 0.4) is 0 Å². The highest BCUT2D eigenvalue weighted by Gasteiger charge is 2.32. The summed E-state index contributed by atoms with van der Waals surface area (Å²) in [7, 11) is 0. The van der Waals surface area contributed by atoms with Crippen molar-refractivity contribution in [2.45, 2.75) is 57.7 Å².